The van der Waals surface area contributed by atoms with Crippen molar-refractivity contribution in [1.29, 1.82) is 0 Å². The molecular weight excluding hydrogens is 464 g/mol. The minimum absolute atomic E-state index is 0.0490. The summed E-state index contributed by atoms with van der Waals surface area (Å²) in [5.74, 6) is 1.14. The number of para-hydroxylation sites is 1. The van der Waals surface area contributed by atoms with Crippen LogP contribution in [0.4, 0.5) is 0 Å². The first-order valence-electron chi connectivity index (χ1n) is 11.3. The second-order valence-electron chi connectivity index (χ2n) is 8.29. The number of rotatable bonds is 7. The first kappa shape index (κ1) is 23.3. The quantitative estimate of drug-likeness (QED) is 0.511. The second kappa shape index (κ2) is 9.33. The maximum atomic E-state index is 12.4. The highest BCUT2D eigenvalue weighted by Gasteiger charge is 2.44. The van der Waals surface area contributed by atoms with Crippen molar-refractivity contribution in [2.75, 3.05) is 28.4 Å². The lowest BCUT2D eigenvalue weighted by Crippen LogP contribution is -2.35. The summed E-state index contributed by atoms with van der Waals surface area (Å²) in [6, 6.07) is 16.5. The molecule has 5 rings (SSSR count). The van der Waals surface area contributed by atoms with Crippen molar-refractivity contribution < 1.29 is 33.6 Å². The molecule has 0 radical (unpaired) electrons. The van der Waals surface area contributed by atoms with E-state index in [2.05, 4.69) is 0 Å². The number of aromatic carboxylic acids is 1. The lowest BCUT2D eigenvalue weighted by molar-refractivity contribution is -0.0217. The van der Waals surface area contributed by atoms with Crippen LogP contribution < -0.4 is 23.7 Å². The van der Waals surface area contributed by atoms with Crippen LogP contribution in [0.25, 0.3) is 0 Å². The maximum Gasteiger partial charge on any atom is 0.340 e. The number of methoxy groups -OCH3 is 4. The first-order chi connectivity index (χ1) is 17.5. The van der Waals surface area contributed by atoms with E-state index < -0.39 is 12.2 Å². The van der Waals surface area contributed by atoms with Crippen LogP contribution in [0.2, 0.25) is 0 Å². The van der Waals surface area contributed by atoms with Gasteiger partial charge in [-0.25, -0.2) is 9.80 Å². The van der Waals surface area contributed by atoms with Gasteiger partial charge in [0, 0.05) is 17.5 Å². The van der Waals surface area contributed by atoms with Gasteiger partial charge in [0.15, 0.2) is 23.0 Å². The van der Waals surface area contributed by atoms with Crippen LogP contribution in [0.5, 0.6) is 28.7 Å². The Bertz CT molecular complexity index is 1340. The first-order valence-corrected chi connectivity index (χ1v) is 11.3. The van der Waals surface area contributed by atoms with E-state index in [1.165, 1.54) is 14.2 Å². The second-order valence-corrected chi connectivity index (χ2v) is 8.29. The standard InChI is InChI=1S/C27H26N2O7/c1-32-16-10-8-15(9-11-16)19-14-20-17-6-5-7-21(33-2)24(17)36-26(29(20)28-19)18-12-13-22(34-3)25(35-4)23(18)27(30)31/h5-13,20,26H,14H2,1-4H3,(H,30,31)/t20-,26+/m0/s1. The highest BCUT2D eigenvalue weighted by Crippen LogP contribution is 2.52. The van der Waals surface area contributed by atoms with Crippen molar-refractivity contribution in [3.63, 3.8) is 0 Å². The number of nitrogens with zero attached hydrogens (tertiary/aromatic N) is 2. The molecule has 3 aromatic rings. The predicted octanol–water partition coefficient (Wildman–Crippen LogP) is 4.66. The fourth-order valence-corrected chi connectivity index (χ4v) is 4.78. The van der Waals surface area contributed by atoms with Crippen LogP contribution >= 0.6 is 0 Å². The van der Waals surface area contributed by atoms with Crippen LogP contribution in [-0.2, 0) is 0 Å². The largest absolute Gasteiger partial charge is 0.497 e. The highest BCUT2D eigenvalue weighted by molar-refractivity contribution is 6.02. The lowest BCUT2D eigenvalue weighted by Gasteiger charge is -2.39. The molecule has 0 saturated carbocycles. The molecule has 2 heterocycles. The molecule has 0 fully saturated rings. The van der Waals surface area contributed by atoms with Crippen LogP contribution in [0, 0.1) is 0 Å². The Hall–Kier alpha value is -4.40. The molecule has 0 spiro atoms. The van der Waals surface area contributed by atoms with Crippen LogP contribution in [0.1, 0.15) is 45.7 Å². The molecule has 2 aliphatic rings. The fraction of sp³-hybridized carbons (Fsp3) is 0.259. The van der Waals surface area contributed by atoms with Gasteiger partial charge in [0.1, 0.15) is 11.3 Å². The van der Waals surface area contributed by atoms with Crippen LogP contribution in [0.3, 0.4) is 0 Å². The van der Waals surface area contributed by atoms with E-state index >= 15 is 0 Å². The van der Waals surface area contributed by atoms with Gasteiger partial charge in [-0.05, 0) is 48.0 Å². The summed E-state index contributed by atoms with van der Waals surface area (Å²) in [5.41, 5.74) is 3.05. The summed E-state index contributed by atoms with van der Waals surface area (Å²) in [6.45, 7) is 0. The van der Waals surface area contributed by atoms with Gasteiger partial charge in [0.2, 0.25) is 6.23 Å². The summed E-state index contributed by atoms with van der Waals surface area (Å²) in [7, 11) is 6.07. The Balaban J connectivity index is 1.68. The Morgan fingerprint density at radius 1 is 0.917 bits per heavy atom. The summed E-state index contributed by atoms with van der Waals surface area (Å²) < 4.78 is 28.1. The Morgan fingerprint density at radius 2 is 1.67 bits per heavy atom. The van der Waals surface area contributed by atoms with Crippen molar-refractivity contribution in [3.8, 4) is 28.7 Å². The van der Waals surface area contributed by atoms with Gasteiger partial charge in [-0.2, -0.15) is 5.10 Å². The van der Waals surface area contributed by atoms with Gasteiger partial charge in [-0.15, -0.1) is 0 Å². The number of carboxylic acid groups (broad SMARTS) is 1. The van der Waals surface area contributed by atoms with Crippen molar-refractivity contribution in [1.82, 2.24) is 5.01 Å². The van der Waals surface area contributed by atoms with Crippen molar-refractivity contribution >= 4 is 11.7 Å². The molecule has 1 N–H and O–H groups in total. The van der Waals surface area contributed by atoms with Crippen molar-refractivity contribution in [2.24, 2.45) is 5.10 Å². The maximum absolute atomic E-state index is 12.4. The van der Waals surface area contributed by atoms with Gasteiger partial charge in [0.05, 0.1) is 40.2 Å². The van der Waals surface area contributed by atoms with Gasteiger partial charge < -0.3 is 28.8 Å². The number of hydrogen-bond donors (Lipinski definition) is 1. The molecule has 2 aliphatic heterocycles. The van der Waals surface area contributed by atoms with E-state index in [0.717, 1.165) is 22.6 Å². The average Bonchev–Trinajstić information content (AvgIpc) is 3.37. The smallest absolute Gasteiger partial charge is 0.340 e. The third-order valence-corrected chi connectivity index (χ3v) is 6.48. The highest BCUT2D eigenvalue weighted by atomic mass is 16.5. The summed E-state index contributed by atoms with van der Waals surface area (Å²) >= 11 is 0. The Kier molecular flexibility index (Phi) is 6.05. The van der Waals surface area contributed by atoms with E-state index in [1.807, 2.05) is 47.5 Å². The van der Waals surface area contributed by atoms with Gasteiger partial charge in [0.25, 0.3) is 0 Å². The van der Waals surface area contributed by atoms with Gasteiger partial charge in [-0.3, -0.25) is 0 Å². The van der Waals surface area contributed by atoms with Crippen LogP contribution in [0.15, 0.2) is 59.7 Å². The molecule has 0 amide bonds. The lowest BCUT2D eigenvalue weighted by atomic mass is 9.94. The number of carbonyl (C=O) groups is 1. The topological polar surface area (TPSA) is 99.1 Å². The van der Waals surface area contributed by atoms with E-state index in [1.54, 1.807) is 26.4 Å². The Morgan fingerprint density at radius 3 is 2.31 bits per heavy atom. The zero-order valence-electron chi connectivity index (χ0n) is 20.3. The molecule has 9 heteroatoms. The third-order valence-electron chi connectivity index (χ3n) is 6.48. The molecular formula is C27H26N2O7. The van der Waals surface area contributed by atoms with Crippen molar-refractivity contribution in [2.45, 2.75) is 18.7 Å². The normalized spacial score (nSPS) is 17.9. The molecule has 3 aromatic carbocycles. The van der Waals surface area contributed by atoms with E-state index in [4.69, 9.17) is 28.8 Å². The van der Waals surface area contributed by atoms with Crippen LogP contribution in [-0.4, -0.2) is 50.2 Å². The Labute approximate surface area is 208 Å². The predicted molar refractivity (Wildman–Crippen MR) is 132 cm³/mol. The number of benzene rings is 3. The van der Waals surface area contributed by atoms with Gasteiger partial charge >= 0.3 is 5.97 Å². The molecule has 9 nitrogen and oxygen atoms in total. The number of hydrogen-bond acceptors (Lipinski definition) is 8. The molecule has 0 saturated heterocycles. The van der Waals surface area contributed by atoms with Gasteiger partial charge in [-0.1, -0.05) is 12.1 Å². The average molecular weight is 491 g/mol. The molecule has 0 unspecified atom stereocenters. The molecule has 36 heavy (non-hydrogen) atoms. The monoisotopic (exact) mass is 490 g/mol. The van der Waals surface area contributed by atoms with E-state index in [-0.39, 0.29) is 17.4 Å². The molecule has 0 aliphatic carbocycles. The molecule has 0 aromatic heterocycles. The number of hydrazone groups is 1. The SMILES string of the molecule is COc1ccc(C2=NN3[C@@H](c4ccc(OC)c(OC)c4C(=O)O)Oc4c(OC)cccc4[C@@H]3C2)cc1. The zero-order chi connectivity index (χ0) is 25.4. The molecule has 186 valence electrons. The van der Waals surface area contributed by atoms with Crippen molar-refractivity contribution in [3.05, 3.63) is 76.9 Å². The summed E-state index contributed by atoms with van der Waals surface area (Å²) in [4.78, 5) is 12.4. The summed E-state index contributed by atoms with van der Waals surface area (Å²) in [5, 5.41) is 16.9. The minimum atomic E-state index is -1.16. The minimum Gasteiger partial charge on any atom is -0.497 e. The molecule has 2 atom stereocenters. The summed E-state index contributed by atoms with van der Waals surface area (Å²) in [6.07, 6.45) is -0.248. The number of fused-ring (bicyclic) bond motifs is 3. The fourth-order valence-electron chi connectivity index (χ4n) is 4.78. The van der Waals surface area contributed by atoms with E-state index in [9.17, 15) is 9.90 Å². The van der Waals surface area contributed by atoms with E-state index in [0.29, 0.717) is 29.2 Å². The number of carboxylic acids is 1. The molecule has 0 bridgehead atoms. The number of ether oxygens (including phenoxy) is 5. The third kappa shape index (κ3) is 3.73. The zero-order valence-corrected chi connectivity index (χ0v) is 20.3.